The molecule has 0 N–H and O–H groups in total. The highest BCUT2D eigenvalue weighted by molar-refractivity contribution is 4.85. The number of hydrogen-bond donors (Lipinski definition) is 0. The minimum absolute atomic E-state index is 0.334. The molecule has 0 spiro atoms. The third-order valence-electron chi connectivity index (χ3n) is 3.90. The fourth-order valence-electron chi connectivity index (χ4n) is 2.95. The van der Waals surface area contributed by atoms with Crippen molar-refractivity contribution in [3.05, 3.63) is 11.7 Å². The van der Waals surface area contributed by atoms with E-state index in [0.29, 0.717) is 30.5 Å². The van der Waals surface area contributed by atoms with Gasteiger partial charge in [-0.25, -0.2) is 0 Å². The van der Waals surface area contributed by atoms with Crippen LogP contribution in [0.4, 0.5) is 0 Å². The van der Waals surface area contributed by atoms with Crippen molar-refractivity contribution >= 4 is 0 Å². The summed E-state index contributed by atoms with van der Waals surface area (Å²) in [6.07, 6.45) is 5.28. The SMILES string of the molecule is Cc1noc(CN(C[C@H]2CCCO2)C[C@H]2CCCO2)n1. The van der Waals surface area contributed by atoms with Crippen molar-refractivity contribution < 1.29 is 14.0 Å². The maximum atomic E-state index is 5.74. The Morgan fingerprint density at radius 3 is 2.20 bits per heavy atom. The first-order chi connectivity index (χ1) is 9.79. The van der Waals surface area contributed by atoms with Gasteiger partial charge in [0.2, 0.25) is 5.89 Å². The van der Waals surface area contributed by atoms with Crippen molar-refractivity contribution in [3.63, 3.8) is 0 Å². The van der Waals surface area contributed by atoms with E-state index in [-0.39, 0.29) is 0 Å². The van der Waals surface area contributed by atoms with Gasteiger partial charge >= 0.3 is 0 Å². The lowest BCUT2D eigenvalue weighted by atomic mass is 10.2. The smallest absolute Gasteiger partial charge is 0.240 e. The highest BCUT2D eigenvalue weighted by Crippen LogP contribution is 2.18. The van der Waals surface area contributed by atoms with Crippen LogP contribution in [0.15, 0.2) is 4.52 Å². The van der Waals surface area contributed by atoms with Gasteiger partial charge in [-0.2, -0.15) is 4.98 Å². The first kappa shape index (κ1) is 14.0. The number of nitrogens with zero attached hydrogens (tertiary/aromatic N) is 3. The molecular weight excluding hydrogens is 258 g/mol. The normalized spacial score (nSPS) is 26.7. The summed E-state index contributed by atoms with van der Waals surface area (Å²) in [4.78, 5) is 6.63. The lowest BCUT2D eigenvalue weighted by molar-refractivity contribution is 0.0309. The summed E-state index contributed by atoms with van der Waals surface area (Å²) in [6.45, 7) is 6.14. The second-order valence-corrected chi connectivity index (χ2v) is 5.70. The van der Waals surface area contributed by atoms with Crippen molar-refractivity contribution in [1.29, 1.82) is 0 Å². The molecule has 2 atom stereocenters. The average molecular weight is 281 g/mol. The molecule has 0 aromatic carbocycles. The monoisotopic (exact) mass is 281 g/mol. The number of aromatic nitrogens is 2. The molecule has 0 amide bonds. The van der Waals surface area contributed by atoms with Crippen LogP contribution in [0.25, 0.3) is 0 Å². The van der Waals surface area contributed by atoms with E-state index in [0.717, 1.165) is 52.0 Å². The quantitative estimate of drug-likeness (QED) is 0.788. The lowest BCUT2D eigenvalue weighted by Gasteiger charge is -2.26. The molecule has 0 radical (unpaired) electrons. The molecule has 3 rings (SSSR count). The number of ether oxygens (including phenoxy) is 2. The summed E-state index contributed by atoms with van der Waals surface area (Å²) < 4.78 is 16.7. The van der Waals surface area contributed by atoms with Crippen LogP contribution in [0.3, 0.4) is 0 Å². The van der Waals surface area contributed by atoms with Gasteiger partial charge in [0.05, 0.1) is 18.8 Å². The van der Waals surface area contributed by atoms with Crippen LogP contribution in [0.1, 0.15) is 37.4 Å². The minimum atomic E-state index is 0.334. The molecule has 0 bridgehead atoms. The van der Waals surface area contributed by atoms with Crippen molar-refractivity contribution in [3.8, 4) is 0 Å². The Kier molecular flexibility index (Phi) is 4.65. The molecule has 112 valence electrons. The van der Waals surface area contributed by atoms with E-state index in [9.17, 15) is 0 Å². The van der Waals surface area contributed by atoms with Crippen LogP contribution in [0, 0.1) is 6.92 Å². The molecule has 2 aliphatic heterocycles. The van der Waals surface area contributed by atoms with Gasteiger partial charge in [-0.15, -0.1) is 0 Å². The Bertz CT molecular complexity index is 394. The highest BCUT2D eigenvalue weighted by Gasteiger charge is 2.25. The third kappa shape index (κ3) is 3.77. The standard InChI is InChI=1S/C14H23N3O3/c1-11-15-14(20-16-11)10-17(8-12-4-2-6-18-12)9-13-5-3-7-19-13/h12-13H,2-10H2,1H3/t12-,13-/m1/s1. The van der Waals surface area contributed by atoms with Gasteiger partial charge in [0.1, 0.15) is 0 Å². The van der Waals surface area contributed by atoms with Crippen LogP contribution in [-0.4, -0.2) is 53.6 Å². The number of rotatable bonds is 6. The van der Waals surface area contributed by atoms with Crippen molar-refractivity contribution in [2.75, 3.05) is 26.3 Å². The maximum absolute atomic E-state index is 5.74. The summed E-state index contributed by atoms with van der Waals surface area (Å²) in [5.41, 5.74) is 0. The van der Waals surface area contributed by atoms with Crippen molar-refractivity contribution in [2.45, 2.75) is 51.4 Å². The largest absolute Gasteiger partial charge is 0.377 e. The second-order valence-electron chi connectivity index (χ2n) is 5.70. The molecule has 0 aliphatic carbocycles. The summed E-state index contributed by atoms with van der Waals surface area (Å²) >= 11 is 0. The molecule has 3 heterocycles. The Balaban J connectivity index is 1.58. The highest BCUT2D eigenvalue weighted by atomic mass is 16.5. The summed E-state index contributed by atoms with van der Waals surface area (Å²) in [5, 5.41) is 3.86. The predicted octanol–water partition coefficient (Wildman–Crippen LogP) is 1.54. The van der Waals surface area contributed by atoms with E-state index >= 15 is 0 Å². The Hall–Kier alpha value is -0.980. The summed E-state index contributed by atoms with van der Waals surface area (Å²) in [7, 11) is 0. The van der Waals surface area contributed by atoms with E-state index in [1.807, 2.05) is 6.92 Å². The Morgan fingerprint density at radius 2 is 1.75 bits per heavy atom. The summed E-state index contributed by atoms with van der Waals surface area (Å²) in [5.74, 6) is 1.37. The second kappa shape index (κ2) is 6.65. The van der Waals surface area contributed by atoms with Gasteiger partial charge in [-0.3, -0.25) is 4.90 Å². The molecular formula is C14H23N3O3. The van der Waals surface area contributed by atoms with Gasteiger partial charge in [-0.05, 0) is 32.6 Å². The van der Waals surface area contributed by atoms with E-state index < -0.39 is 0 Å². The molecule has 6 nitrogen and oxygen atoms in total. The topological polar surface area (TPSA) is 60.6 Å². The Labute approximate surface area is 119 Å². The first-order valence-electron chi connectivity index (χ1n) is 7.54. The molecule has 0 saturated carbocycles. The van der Waals surface area contributed by atoms with E-state index in [4.69, 9.17) is 14.0 Å². The zero-order chi connectivity index (χ0) is 13.8. The average Bonchev–Trinajstić information content (AvgIpc) is 3.13. The van der Waals surface area contributed by atoms with Gasteiger partial charge in [0.25, 0.3) is 0 Å². The molecule has 1 aromatic heterocycles. The van der Waals surface area contributed by atoms with E-state index in [1.54, 1.807) is 0 Å². The van der Waals surface area contributed by atoms with Gasteiger partial charge in [0.15, 0.2) is 5.82 Å². The first-order valence-corrected chi connectivity index (χ1v) is 7.54. The zero-order valence-corrected chi connectivity index (χ0v) is 12.1. The molecule has 0 unspecified atom stereocenters. The molecule has 1 aromatic rings. The van der Waals surface area contributed by atoms with E-state index in [2.05, 4.69) is 15.0 Å². The molecule has 2 saturated heterocycles. The molecule has 6 heteroatoms. The molecule has 2 aliphatic rings. The van der Waals surface area contributed by atoms with Crippen molar-refractivity contribution in [1.82, 2.24) is 15.0 Å². The van der Waals surface area contributed by atoms with E-state index in [1.165, 1.54) is 0 Å². The third-order valence-corrected chi connectivity index (χ3v) is 3.90. The van der Waals surface area contributed by atoms with Crippen LogP contribution in [0.2, 0.25) is 0 Å². The lowest BCUT2D eigenvalue weighted by Crippen LogP contribution is -2.37. The number of aryl methyl sites for hydroxylation is 1. The molecule has 2 fully saturated rings. The van der Waals surface area contributed by atoms with Crippen LogP contribution >= 0.6 is 0 Å². The van der Waals surface area contributed by atoms with Crippen molar-refractivity contribution in [2.24, 2.45) is 0 Å². The minimum Gasteiger partial charge on any atom is -0.377 e. The van der Waals surface area contributed by atoms with Crippen LogP contribution < -0.4 is 0 Å². The van der Waals surface area contributed by atoms with Gasteiger partial charge in [-0.1, -0.05) is 5.16 Å². The Morgan fingerprint density at radius 1 is 1.10 bits per heavy atom. The maximum Gasteiger partial charge on any atom is 0.240 e. The zero-order valence-electron chi connectivity index (χ0n) is 12.1. The van der Waals surface area contributed by atoms with Gasteiger partial charge in [0, 0.05) is 26.3 Å². The fraction of sp³-hybridized carbons (Fsp3) is 0.857. The van der Waals surface area contributed by atoms with Crippen LogP contribution in [-0.2, 0) is 16.0 Å². The van der Waals surface area contributed by atoms with Crippen LogP contribution in [0.5, 0.6) is 0 Å². The fourth-order valence-corrected chi connectivity index (χ4v) is 2.95. The predicted molar refractivity (Wildman–Crippen MR) is 72.3 cm³/mol. The van der Waals surface area contributed by atoms with Gasteiger partial charge < -0.3 is 14.0 Å². The number of hydrogen-bond acceptors (Lipinski definition) is 6. The summed E-state index contributed by atoms with van der Waals surface area (Å²) in [6, 6.07) is 0. The molecule has 20 heavy (non-hydrogen) atoms.